The fraction of sp³-hybridized carbons (Fsp3) is 0.600. The predicted molar refractivity (Wildman–Crippen MR) is 78.0 cm³/mol. The number of nitrogens with one attached hydrogen (secondary N) is 2. The summed E-state index contributed by atoms with van der Waals surface area (Å²) in [5, 5.41) is 6.38. The number of hydrogen-bond donors (Lipinski definition) is 2. The Morgan fingerprint density at radius 3 is 2.06 bits per heavy atom. The van der Waals surface area contributed by atoms with Gasteiger partial charge in [-0.05, 0) is 24.5 Å². The molecule has 0 aliphatic heterocycles. The molecule has 0 fully saturated rings. The molecule has 0 saturated heterocycles. The molecule has 0 aliphatic carbocycles. The molecule has 0 spiro atoms. The van der Waals surface area contributed by atoms with Crippen molar-refractivity contribution < 1.29 is 0 Å². The Morgan fingerprint density at radius 2 is 1.47 bits per heavy atom. The molecule has 2 nitrogen and oxygen atoms in total. The first-order chi connectivity index (χ1) is 8.06. The lowest BCUT2D eigenvalue weighted by Crippen LogP contribution is -2.26. The van der Waals surface area contributed by atoms with Crippen LogP contribution in [0.4, 0.5) is 0 Å². The van der Waals surface area contributed by atoms with Crippen LogP contribution in [-0.4, -0.2) is 20.1 Å². The molecule has 17 heavy (non-hydrogen) atoms. The Morgan fingerprint density at radius 1 is 0.882 bits per heavy atom. The summed E-state index contributed by atoms with van der Waals surface area (Å²) in [6.45, 7) is 8.74. The Balaban J connectivity index is 3.39. The van der Waals surface area contributed by atoms with Crippen molar-refractivity contribution in [3.05, 3.63) is 36.6 Å². The molecule has 0 unspecified atom stereocenters. The molecule has 0 bridgehead atoms. The predicted octanol–water partition coefficient (Wildman–Crippen LogP) is 3.25. The molecular weight excluding hydrogens is 208 g/mol. The maximum Gasteiger partial charge on any atom is 0.0135 e. The number of hydrogen-bond acceptors (Lipinski definition) is 2. The van der Waals surface area contributed by atoms with Gasteiger partial charge in [-0.15, -0.1) is 0 Å². The standard InChI is InChI=1S/C15H28N2/c1-15(2,3)14-17-13-11-9-7-5-6-8-10-12-16-4/h5-6,9-12,16-17H,7-8,13-14H2,1-4H3/b6-5+,11-9+,12-10+. The van der Waals surface area contributed by atoms with Gasteiger partial charge < -0.3 is 10.6 Å². The van der Waals surface area contributed by atoms with Crippen LogP contribution in [0.2, 0.25) is 0 Å². The van der Waals surface area contributed by atoms with Gasteiger partial charge in [0.05, 0.1) is 0 Å². The Bertz CT molecular complexity index is 244. The van der Waals surface area contributed by atoms with Crippen molar-refractivity contribution in [2.24, 2.45) is 5.41 Å². The third-order valence-corrected chi connectivity index (χ3v) is 2.08. The normalized spacial score (nSPS) is 13.2. The van der Waals surface area contributed by atoms with Crippen molar-refractivity contribution in [2.45, 2.75) is 33.6 Å². The summed E-state index contributed by atoms with van der Waals surface area (Å²) in [7, 11) is 1.91. The molecule has 0 aromatic heterocycles. The zero-order valence-electron chi connectivity index (χ0n) is 11.8. The van der Waals surface area contributed by atoms with E-state index in [-0.39, 0.29) is 0 Å². The highest BCUT2D eigenvalue weighted by Crippen LogP contribution is 2.09. The third-order valence-electron chi connectivity index (χ3n) is 2.08. The van der Waals surface area contributed by atoms with Crippen LogP contribution in [-0.2, 0) is 0 Å². The lowest BCUT2D eigenvalue weighted by molar-refractivity contribution is 0.388. The van der Waals surface area contributed by atoms with Gasteiger partial charge in [0.1, 0.15) is 0 Å². The van der Waals surface area contributed by atoms with Gasteiger partial charge >= 0.3 is 0 Å². The van der Waals surface area contributed by atoms with E-state index in [4.69, 9.17) is 0 Å². The quantitative estimate of drug-likeness (QED) is 0.499. The fourth-order valence-electron chi connectivity index (χ4n) is 1.25. The smallest absolute Gasteiger partial charge is 0.0135 e. The van der Waals surface area contributed by atoms with E-state index in [1.54, 1.807) is 0 Å². The molecule has 0 atom stereocenters. The molecule has 0 heterocycles. The van der Waals surface area contributed by atoms with E-state index in [2.05, 4.69) is 61.8 Å². The van der Waals surface area contributed by atoms with Crippen molar-refractivity contribution in [3.8, 4) is 0 Å². The Labute approximate surface area is 107 Å². The summed E-state index contributed by atoms with van der Waals surface area (Å²) in [5.74, 6) is 0. The molecule has 0 amide bonds. The van der Waals surface area contributed by atoms with Crippen LogP contribution in [0.3, 0.4) is 0 Å². The zero-order valence-corrected chi connectivity index (χ0v) is 11.8. The number of allylic oxidation sites excluding steroid dienone is 4. The van der Waals surface area contributed by atoms with Crippen molar-refractivity contribution in [2.75, 3.05) is 20.1 Å². The average Bonchev–Trinajstić information content (AvgIpc) is 2.24. The summed E-state index contributed by atoms with van der Waals surface area (Å²) in [6, 6.07) is 0. The summed E-state index contributed by atoms with van der Waals surface area (Å²) >= 11 is 0. The fourth-order valence-corrected chi connectivity index (χ4v) is 1.25. The van der Waals surface area contributed by atoms with E-state index in [9.17, 15) is 0 Å². The molecule has 0 radical (unpaired) electrons. The molecule has 2 heteroatoms. The van der Waals surface area contributed by atoms with Gasteiger partial charge in [0.25, 0.3) is 0 Å². The van der Waals surface area contributed by atoms with Crippen LogP contribution in [0.25, 0.3) is 0 Å². The van der Waals surface area contributed by atoms with Crippen molar-refractivity contribution in [1.29, 1.82) is 0 Å². The van der Waals surface area contributed by atoms with Crippen LogP contribution in [0.15, 0.2) is 36.6 Å². The first-order valence-corrected chi connectivity index (χ1v) is 6.39. The highest BCUT2D eigenvalue weighted by molar-refractivity contribution is 4.97. The van der Waals surface area contributed by atoms with Gasteiger partial charge in [0, 0.05) is 20.1 Å². The van der Waals surface area contributed by atoms with Gasteiger partial charge in [-0.3, -0.25) is 0 Å². The van der Waals surface area contributed by atoms with E-state index in [0.29, 0.717) is 5.41 Å². The highest BCUT2D eigenvalue weighted by Gasteiger charge is 2.07. The van der Waals surface area contributed by atoms with Crippen LogP contribution < -0.4 is 10.6 Å². The SMILES string of the molecule is CN/C=C/C/C=C/C/C=C/CNCC(C)(C)C. The largest absolute Gasteiger partial charge is 0.394 e. The van der Waals surface area contributed by atoms with E-state index >= 15 is 0 Å². The van der Waals surface area contributed by atoms with Gasteiger partial charge in [-0.2, -0.15) is 0 Å². The minimum Gasteiger partial charge on any atom is -0.394 e. The molecule has 0 aromatic carbocycles. The van der Waals surface area contributed by atoms with Crippen molar-refractivity contribution in [1.82, 2.24) is 10.6 Å². The lowest BCUT2D eigenvalue weighted by atomic mass is 9.97. The summed E-state index contributed by atoms with van der Waals surface area (Å²) in [5.41, 5.74) is 0.368. The van der Waals surface area contributed by atoms with Gasteiger partial charge in [0.15, 0.2) is 0 Å². The average molecular weight is 236 g/mol. The van der Waals surface area contributed by atoms with E-state index in [1.165, 1.54) is 0 Å². The maximum absolute atomic E-state index is 3.41. The number of rotatable bonds is 8. The summed E-state index contributed by atoms with van der Waals surface area (Å²) < 4.78 is 0. The first kappa shape index (κ1) is 16.0. The second-order valence-corrected chi connectivity index (χ2v) is 5.30. The Hall–Kier alpha value is -1.02. The van der Waals surface area contributed by atoms with Crippen LogP contribution in [0, 0.1) is 5.41 Å². The van der Waals surface area contributed by atoms with E-state index < -0.39 is 0 Å². The van der Waals surface area contributed by atoms with Gasteiger partial charge in [-0.25, -0.2) is 0 Å². The molecule has 0 saturated carbocycles. The lowest BCUT2D eigenvalue weighted by Gasteiger charge is -2.17. The van der Waals surface area contributed by atoms with Gasteiger partial charge in [-0.1, -0.05) is 51.2 Å². The minimum atomic E-state index is 0.368. The molecule has 98 valence electrons. The van der Waals surface area contributed by atoms with Crippen LogP contribution in [0.1, 0.15) is 33.6 Å². The molecule has 2 N–H and O–H groups in total. The highest BCUT2D eigenvalue weighted by atomic mass is 14.9. The maximum atomic E-state index is 3.41. The van der Waals surface area contributed by atoms with Crippen LogP contribution >= 0.6 is 0 Å². The molecular formula is C15H28N2. The zero-order chi connectivity index (χ0) is 13.0. The third kappa shape index (κ3) is 15.0. The van der Waals surface area contributed by atoms with Crippen molar-refractivity contribution >= 4 is 0 Å². The first-order valence-electron chi connectivity index (χ1n) is 6.39. The minimum absolute atomic E-state index is 0.368. The van der Waals surface area contributed by atoms with Gasteiger partial charge in [0.2, 0.25) is 0 Å². The molecule has 0 rings (SSSR count). The summed E-state index contributed by atoms with van der Waals surface area (Å²) in [4.78, 5) is 0. The molecule has 0 aliphatic rings. The van der Waals surface area contributed by atoms with E-state index in [1.807, 2.05) is 13.2 Å². The van der Waals surface area contributed by atoms with Crippen LogP contribution in [0.5, 0.6) is 0 Å². The molecule has 0 aromatic rings. The van der Waals surface area contributed by atoms with E-state index in [0.717, 1.165) is 25.9 Å². The Kier molecular flexibility index (Phi) is 9.55. The second-order valence-electron chi connectivity index (χ2n) is 5.30. The summed E-state index contributed by atoms with van der Waals surface area (Å²) in [6.07, 6.45) is 14.8. The monoisotopic (exact) mass is 236 g/mol. The second kappa shape index (κ2) is 10.2. The van der Waals surface area contributed by atoms with Crippen molar-refractivity contribution in [3.63, 3.8) is 0 Å². The topological polar surface area (TPSA) is 24.1 Å².